The lowest BCUT2D eigenvalue weighted by atomic mass is 9.96. The number of nitrogen functional groups attached to an aromatic ring is 1. The van der Waals surface area contributed by atoms with Gasteiger partial charge in [0, 0.05) is 18.8 Å². The van der Waals surface area contributed by atoms with Crippen LogP contribution in [0.3, 0.4) is 0 Å². The summed E-state index contributed by atoms with van der Waals surface area (Å²) in [4.78, 5) is 6.74. The third-order valence-corrected chi connectivity index (χ3v) is 4.59. The Kier molecular flexibility index (Phi) is 3.50. The third kappa shape index (κ3) is 2.51. The summed E-state index contributed by atoms with van der Waals surface area (Å²) in [5, 5.41) is 0. The zero-order chi connectivity index (χ0) is 12.4. The molecular weight excluding hydrogens is 222 g/mol. The maximum Gasteiger partial charge on any atom is 0.123 e. The molecule has 1 atom stereocenters. The molecule has 3 heteroatoms. The molecule has 1 aliphatic heterocycles. The Labute approximate surface area is 109 Å². The standard InChI is InChI=1S/C15H23N3/c16-15-10-12(7-8-17-15)11-18-9-3-6-14(18)13-4-1-2-5-13/h7-8,10,13-14H,1-6,9,11H2,(H2,16,17). The minimum absolute atomic E-state index is 0.643. The molecule has 1 aromatic rings. The Hall–Kier alpha value is -1.09. The molecule has 3 nitrogen and oxygen atoms in total. The van der Waals surface area contributed by atoms with Gasteiger partial charge >= 0.3 is 0 Å². The summed E-state index contributed by atoms with van der Waals surface area (Å²) in [6, 6.07) is 4.94. The van der Waals surface area contributed by atoms with Crippen molar-refractivity contribution in [2.75, 3.05) is 12.3 Å². The SMILES string of the molecule is Nc1cc(CN2CCCC2C2CCCC2)ccn1. The van der Waals surface area contributed by atoms with Gasteiger partial charge in [0.1, 0.15) is 5.82 Å². The highest BCUT2D eigenvalue weighted by molar-refractivity contribution is 5.31. The largest absolute Gasteiger partial charge is 0.384 e. The van der Waals surface area contributed by atoms with E-state index >= 15 is 0 Å². The van der Waals surface area contributed by atoms with Gasteiger partial charge in [0.2, 0.25) is 0 Å². The fourth-order valence-corrected chi connectivity index (χ4v) is 3.75. The third-order valence-electron chi connectivity index (χ3n) is 4.59. The van der Waals surface area contributed by atoms with Gasteiger partial charge in [0.15, 0.2) is 0 Å². The number of hydrogen-bond donors (Lipinski definition) is 1. The van der Waals surface area contributed by atoms with Crippen LogP contribution in [0.4, 0.5) is 5.82 Å². The minimum Gasteiger partial charge on any atom is -0.384 e. The molecule has 98 valence electrons. The number of anilines is 1. The van der Waals surface area contributed by atoms with Crippen molar-refractivity contribution >= 4 is 5.82 Å². The second-order valence-electron chi connectivity index (χ2n) is 5.81. The summed E-state index contributed by atoms with van der Waals surface area (Å²) < 4.78 is 0. The van der Waals surface area contributed by atoms with Gasteiger partial charge in [-0.3, -0.25) is 4.90 Å². The van der Waals surface area contributed by atoms with E-state index < -0.39 is 0 Å². The van der Waals surface area contributed by atoms with Crippen LogP contribution >= 0.6 is 0 Å². The lowest BCUT2D eigenvalue weighted by Gasteiger charge is -2.29. The number of nitrogens with zero attached hydrogens (tertiary/aromatic N) is 2. The zero-order valence-corrected chi connectivity index (χ0v) is 11.0. The molecule has 1 aliphatic carbocycles. The first kappa shape index (κ1) is 12.0. The summed E-state index contributed by atoms with van der Waals surface area (Å²) in [5.74, 6) is 1.59. The average Bonchev–Trinajstić information content (AvgIpc) is 2.98. The highest BCUT2D eigenvalue weighted by Crippen LogP contribution is 2.36. The first-order chi connectivity index (χ1) is 8.83. The lowest BCUT2D eigenvalue weighted by molar-refractivity contribution is 0.183. The van der Waals surface area contributed by atoms with Crippen LogP contribution in [0.15, 0.2) is 18.3 Å². The minimum atomic E-state index is 0.643. The molecule has 18 heavy (non-hydrogen) atoms. The molecule has 1 aromatic heterocycles. The number of likely N-dealkylation sites (tertiary alicyclic amines) is 1. The molecule has 3 rings (SSSR count). The second-order valence-corrected chi connectivity index (χ2v) is 5.81. The van der Waals surface area contributed by atoms with Gasteiger partial charge in [-0.2, -0.15) is 0 Å². The summed E-state index contributed by atoms with van der Waals surface area (Å²) in [6.07, 6.45) is 10.4. The average molecular weight is 245 g/mol. The van der Waals surface area contributed by atoms with Gasteiger partial charge in [0.25, 0.3) is 0 Å². The van der Waals surface area contributed by atoms with Crippen LogP contribution in [-0.2, 0) is 6.54 Å². The van der Waals surface area contributed by atoms with Gasteiger partial charge in [0.05, 0.1) is 0 Å². The van der Waals surface area contributed by atoms with Crippen LogP contribution in [0.1, 0.15) is 44.1 Å². The van der Waals surface area contributed by atoms with E-state index in [0.717, 1.165) is 18.5 Å². The molecule has 2 heterocycles. The van der Waals surface area contributed by atoms with Crippen LogP contribution in [0.25, 0.3) is 0 Å². The van der Waals surface area contributed by atoms with E-state index in [2.05, 4.69) is 16.0 Å². The molecule has 1 unspecified atom stereocenters. The first-order valence-corrected chi connectivity index (χ1v) is 7.27. The zero-order valence-electron chi connectivity index (χ0n) is 11.0. The van der Waals surface area contributed by atoms with E-state index in [9.17, 15) is 0 Å². The number of rotatable bonds is 3. The van der Waals surface area contributed by atoms with Crippen LogP contribution in [0.5, 0.6) is 0 Å². The van der Waals surface area contributed by atoms with E-state index in [-0.39, 0.29) is 0 Å². The fourth-order valence-electron chi connectivity index (χ4n) is 3.75. The van der Waals surface area contributed by atoms with E-state index in [1.165, 1.54) is 50.6 Å². The number of nitrogens with two attached hydrogens (primary N) is 1. The van der Waals surface area contributed by atoms with Crippen molar-refractivity contribution in [3.05, 3.63) is 23.9 Å². The molecule has 0 bridgehead atoms. The Morgan fingerprint density at radius 1 is 1.22 bits per heavy atom. The maximum absolute atomic E-state index is 5.76. The van der Waals surface area contributed by atoms with Crippen LogP contribution in [-0.4, -0.2) is 22.5 Å². The van der Waals surface area contributed by atoms with Gasteiger partial charge in [-0.25, -0.2) is 4.98 Å². The molecule has 0 amide bonds. The van der Waals surface area contributed by atoms with Gasteiger partial charge in [-0.05, 0) is 55.8 Å². The van der Waals surface area contributed by atoms with Crippen molar-refractivity contribution in [3.8, 4) is 0 Å². The van der Waals surface area contributed by atoms with Gasteiger partial charge < -0.3 is 5.73 Å². The van der Waals surface area contributed by atoms with Crippen molar-refractivity contribution in [3.63, 3.8) is 0 Å². The maximum atomic E-state index is 5.76. The quantitative estimate of drug-likeness (QED) is 0.890. The molecule has 0 spiro atoms. The predicted molar refractivity (Wildman–Crippen MR) is 74.0 cm³/mol. The number of hydrogen-bond acceptors (Lipinski definition) is 3. The molecule has 1 saturated heterocycles. The molecule has 2 fully saturated rings. The molecule has 0 aromatic carbocycles. The number of aromatic nitrogens is 1. The van der Waals surface area contributed by atoms with E-state index in [1.54, 1.807) is 0 Å². The Morgan fingerprint density at radius 3 is 2.83 bits per heavy atom. The summed E-state index contributed by atoms with van der Waals surface area (Å²) in [5.41, 5.74) is 7.07. The highest BCUT2D eigenvalue weighted by Gasteiger charge is 2.32. The summed E-state index contributed by atoms with van der Waals surface area (Å²) >= 11 is 0. The second kappa shape index (κ2) is 5.27. The highest BCUT2D eigenvalue weighted by atomic mass is 15.2. The molecule has 0 radical (unpaired) electrons. The van der Waals surface area contributed by atoms with E-state index in [1.807, 2.05) is 12.3 Å². The molecule has 2 aliphatic rings. The molecule has 2 N–H and O–H groups in total. The molecule has 1 saturated carbocycles. The summed E-state index contributed by atoms with van der Waals surface area (Å²) in [6.45, 7) is 2.30. The topological polar surface area (TPSA) is 42.1 Å². The lowest BCUT2D eigenvalue weighted by Crippen LogP contribution is -2.34. The first-order valence-electron chi connectivity index (χ1n) is 7.27. The van der Waals surface area contributed by atoms with Crippen molar-refractivity contribution in [2.24, 2.45) is 5.92 Å². The summed E-state index contributed by atoms with van der Waals surface area (Å²) in [7, 11) is 0. The van der Waals surface area contributed by atoms with Crippen molar-refractivity contribution in [2.45, 2.75) is 51.1 Å². The predicted octanol–water partition coefficient (Wildman–Crippen LogP) is 2.82. The van der Waals surface area contributed by atoms with E-state index in [0.29, 0.717) is 5.82 Å². The van der Waals surface area contributed by atoms with Gasteiger partial charge in [-0.1, -0.05) is 12.8 Å². The Morgan fingerprint density at radius 2 is 2.06 bits per heavy atom. The normalized spacial score (nSPS) is 25.9. The molecular formula is C15H23N3. The van der Waals surface area contributed by atoms with Crippen molar-refractivity contribution in [1.29, 1.82) is 0 Å². The van der Waals surface area contributed by atoms with Crippen molar-refractivity contribution in [1.82, 2.24) is 9.88 Å². The fraction of sp³-hybridized carbons (Fsp3) is 0.667. The van der Waals surface area contributed by atoms with Crippen LogP contribution in [0, 0.1) is 5.92 Å². The van der Waals surface area contributed by atoms with Crippen molar-refractivity contribution < 1.29 is 0 Å². The Balaban J connectivity index is 1.67. The monoisotopic (exact) mass is 245 g/mol. The smallest absolute Gasteiger partial charge is 0.123 e. The van der Waals surface area contributed by atoms with Crippen LogP contribution in [0.2, 0.25) is 0 Å². The van der Waals surface area contributed by atoms with Gasteiger partial charge in [-0.15, -0.1) is 0 Å². The van der Waals surface area contributed by atoms with E-state index in [4.69, 9.17) is 5.73 Å². The Bertz CT molecular complexity index is 398. The number of pyridine rings is 1. The van der Waals surface area contributed by atoms with Crippen LogP contribution < -0.4 is 5.73 Å².